The van der Waals surface area contributed by atoms with Gasteiger partial charge in [-0.15, -0.1) is 0 Å². The number of benzene rings is 1. The minimum Gasteiger partial charge on any atom is -0.282 e. The molecule has 0 radical (unpaired) electrons. The van der Waals surface area contributed by atoms with Crippen molar-refractivity contribution < 1.29 is 13.0 Å². The Balaban J connectivity index is 0.000000590. The van der Waals surface area contributed by atoms with E-state index in [9.17, 15) is 8.42 Å². The standard InChI is InChI=1S/C16H36P.C10H14O3S/c1-5-9-13-17(14-10-6-2,15-11-7-3)16-12-8-4;1-2-3-6-9-7-4-5-8-10(9)14(11,12)13/h5-16H2,1-4H3;4-5,7-8H,2-3,6H2,1H3,(H,11,12,13)/q+1;. The summed E-state index contributed by atoms with van der Waals surface area (Å²) in [7, 11) is -4.63. The van der Waals surface area contributed by atoms with Crippen LogP contribution in [0.5, 0.6) is 0 Å². The first-order valence-corrected chi connectivity index (χ1v) is 16.7. The van der Waals surface area contributed by atoms with E-state index in [1.165, 1.54) is 57.4 Å². The number of rotatable bonds is 16. The Labute approximate surface area is 194 Å². The van der Waals surface area contributed by atoms with E-state index in [2.05, 4.69) is 27.7 Å². The van der Waals surface area contributed by atoms with Crippen LogP contribution in [-0.2, 0) is 16.5 Å². The third kappa shape index (κ3) is 13.6. The predicted molar refractivity (Wildman–Crippen MR) is 141 cm³/mol. The van der Waals surface area contributed by atoms with Gasteiger partial charge in [-0.2, -0.15) is 8.42 Å². The quantitative estimate of drug-likeness (QED) is 0.193. The van der Waals surface area contributed by atoms with Crippen LogP contribution in [0.25, 0.3) is 0 Å². The van der Waals surface area contributed by atoms with Gasteiger partial charge in [0, 0.05) is 7.26 Å². The summed E-state index contributed by atoms with van der Waals surface area (Å²) in [6.07, 6.45) is 20.6. The second-order valence-electron chi connectivity index (χ2n) is 8.84. The Morgan fingerprint density at radius 3 is 1.42 bits per heavy atom. The molecule has 1 N–H and O–H groups in total. The monoisotopic (exact) mass is 473 g/mol. The molecule has 0 aliphatic heterocycles. The topological polar surface area (TPSA) is 54.4 Å². The lowest BCUT2D eigenvalue weighted by molar-refractivity contribution is 0.482. The van der Waals surface area contributed by atoms with Gasteiger partial charge in [-0.25, -0.2) is 0 Å². The molecule has 31 heavy (non-hydrogen) atoms. The molecule has 0 heterocycles. The zero-order valence-electron chi connectivity index (χ0n) is 21.0. The van der Waals surface area contributed by atoms with Crippen LogP contribution in [0, 0.1) is 0 Å². The van der Waals surface area contributed by atoms with E-state index < -0.39 is 17.4 Å². The first kappa shape index (κ1) is 30.6. The zero-order chi connectivity index (χ0) is 23.6. The van der Waals surface area contributed by atoms with E-state index >= 15 is 0 Å². The molecule has 0 saturated carbocycles. The molecule has 0 aliphatic carbocycles. The van der Waals surface area contributed by atoms with Gasteiger partial charge in [0.05, 0.1) is 29.5 Å². The summed E-state index contributed by atoms with van der Waals surface area (Å²) in [5.41, 5.74) is 0.692. The van der Waals surface area contributed by atoms with Crippen LogP contribution in [0.4, 0.5) is 0 Å². The highest BCUT2D eigenvalue weighted by atomic mass is 32.2. The van der Waals surface area contributed by atoms with Crippen molar-refractivity contribution in [3.63, 3.8) is 0 Å². The zero-order valence-corrected chi connectivity index (χ0v) is 22.7. The summed E-state index contributed by atoms with van der Waals surface area (Å²) in [5, 5.41) is 0. The molecular formula is C26H50O3PS+. The largest absolute Gasteiger partial charge is 0.294 e. The van der Waals surface area contributed by atoms with Crippen LogP contribution < -0.4 is 0 Å². The Bertz CT molecular complexity index is 621. The molecule has 1 aromatic carbocycles. The maximum absolute atomic E-state index is 11.0. The lowest BCUT2D eigenvalue weighted by Crippen LogP contribution is -2.12. The van der Waals surface area contributed by atoms with Crippen molar-refractivity contribution >= 4 is 17.4 Å². The van der Waals surface area contributed by atoms with Gasteiger partial charge >= 0.3 is 0 Å². The summed E-state index contributed by atoms with van der Waals surface area (Å²) in [6.45, 7) is 11.5. The lowest BCUT2D eigenvalue weighted by atomic mass is 10.1. The number of hydrogen-bond donors (Lipinski definition) is 1. The Morgan fingerprint density at radius 2 is 1.06 bits per heavy atom. The fourth-order valence-electron chi connectivity index (χ4n) is 3.97. The van der Waals surface area contributed by atoms with Gasteiger partial charge in [-0.05, 0) is 50.2 Å². The van der Waals surface area contributed by atoms with Gasteiger partial charge in [0.1, 0.15) is 0 Å². The van der Waals surface area contributed by atoms with Gasteiger partial charge in [-0.3, -0.25) is 4.55 Å². The molecule has 0 aliphatic rings. The van der Waals surface area contributed by atoms with Crippen LogP contribution in [0.3, 0.4) is 0 Å². The number of unbranched alkanes of at least 4 members (excludes halogenated alkanes) is 5. The minimum atomic E-state index is -4.06. The highest BCUT2D eigenvalue weighted by Crippen LogP contribution is 2.61. The van der Waals surface area contributed by atoms with E-state index in [1.807, 2.05) is 6.92 Å². The summed E-state index contributed by atoms with van der Waals surface area (Å²) in [6, 6.07) is 6.55. The van der Waals surface area contributed by atoms with Gasteiger partial charge in [0.15, 0.2) is 0 Å². The van der Waals surface area contributed by atoms with Gasteiger partial charge in [0.2, 0.25) is 0 Å². The van der Waals surface area contributed by atoms with Crippen molar-refractivity contribution in [2.24, 2.45) is 0 Å². The molecular weight excluding hydrogens is 423 g/mol. The molecule has 0 unspecified atom stereocenters. The van der Waals surface area contributed by atoms with Crippen LogP contribution in [0.15, 0.2) is 29.2 Å². The summed E-state index contributed by atoms with van der Waals surface area (Å²) in [4.78, 5) is 0.0356. The smallest absolute Gasteiger partial charge is 0.282 e. The molecule has 0 spiro atoms. The van der Waals surface area contributed by atoms with E-state index in [1.54, 1.807) is 42.8 Å². The van der Waals surface area contributed by atoms with E-state index in [-0.39, 0.29) is 4.90 Å². The molecule has 0 fully saturated rings. The van der Waals surface area contributed by atoms with E-state index in [0.717, 1.165) is 12.8 Å². The first-order chi connectivity index (χ1) is 14.8. The molecule has 182 valence electrons. The second-order valence-corrected chi connectivity index (χ2v) is 14.7. The van der Waals surface area contributed by atoms with E-state index in [4.69, 9.17) is 4.55 Å². The normalized spacial score (nSPS) is 11.8. The Kier molecular flexibility index (Phi) is 17.8. The molecule has 0 amide bonds. The molecule has 5 heteroatoms. The lowest BCUT2D eigenvalue weighted by Gasteiger charge is -2.28. The van der Waals surface area contributed by atoms with Crippen molar-refractivity contribution in [1.29, 1.82) is 0 Å². The Morgan fingerprint density at radius 1 is 0.677 bits per heavy atom. The fraction of sp³-hybridized carbons (Fsp3) is 0.769. The molecule has 1 aromatic rings. The summed E-state index contributed by atoms with van der Waals surface area (Å²) in [5.74, 6) is 0. The molecule has 0 bridgehead atoms. The number of hydrogen-bond acceptors (Lipinski definition) is 2. The molecule has 1 rings (SSSR count). The fourth-order valence-corrected chi connectivity index (χ4v) is 10.0. The SMILES string of the molecule is CCCC[P+](CCCC)(CCCC)CCCC.CCCCc1ccccc1S(=O)(=O)O. The molecule has 3 nitrogen and oxygen atoms in total. The maximum atomic E-state index is 11.0. The van der Waals surface area contributed by atoms with Crippen LogP contribution in [0.2, 0.25) is 0 Å². The second kappa shape index (κ2) is 18.0. The average Bonchev–Trinajstić information content (AvgIpc) is 2.76. The van der Waals surface area contributed by atoms with Crippen LogP contribution in [0.1, 0.15) is 104 Å². The number of aryl methyl sites for hydroxylation is 1. The van der Waals surface area contributed by atoms with Gasteiger partial charge < -0.3 is 0 Å². The van der Waals surface area contributed by atoms with Crippen LogP contribution in [-0.4, -0.2) is 37.6 Å². The third-order valence-electron chi connectivity index (χ3n) is 5.99. The molecule has 0 saturated heterocycles. The Hall–Kier alpha value is -0.440. The average molecular weight is 474 g/mol. The minimum absolute atomic E-state index is 0.0356. The highest BCUT2D eigenvalue weighted by Gasteiger charge is 2.34. The molecule has 0 atom stereocenters. The summed E-state index contributed by atoms with van der Waals surface area (Å²) >= 11 is 0. The van der Waals surface area contributed by atoms with Crippen molar-refractivity contribution in [3.8, 4) is 0 Å². The van der Waals surface area contributed by atoms with Gasteiger partial charge in [0.25, 0.3) is 10.1 Å². The van der Waals surface area contributed by atoms with Crippen molar-refractivity contribution in [2.45, 2.75) is 110 Å². The van der Waals surface area contributed by atoms with E-state index in [0.29, 0.717) is 12.0 Å². The summed E-state index contributed by atoms with van der Waals surface area (Å²) < 4.78 is 30.9. The van der Waals surface area contributed by atoms with Crippen molar-refractivity contribution in [1.82, 2.24) is 0 Å². The predicted octanol–water partition coefficient (Wildman–Crippen LogP) is 8.48. The van der Waals surface area contributed by atoms with Gasteiger partial charge in [-0.1, -0.05) is 84.9 Å². The molecule has 0 aromatic heterocycles. The first-order valence-electron chi connectivity index (χ1n) is 12.7. The van der Waals surface area contributed by atoms with Crippen LogP contribution >= 0.6 is 7.26 Å². The maximum Gasteiger partial charge on any atom is 0.294 e. The van der Waals surface area contributed by atoms with Crippen molar-refractivity contribution in [2.75, 3.05) is 24.6 Å². The highest BCUT2D eigenvalue weighted by molar-refractivity contribution is 7.85. The van der Waals surface area contributed by atoms with Crippen molar-refractivity contribution in [3.05, 3.63) is 29.8 Å². The third-order valence-corrected chi connectivity index (χ3v) is 12.0.